The molecule has 0 fully saturated rings. The first-order chi connectivity index (χ1) is 5.22. The van der Waals surface area contributed by atoms with Gasteiger partial charge in [0.25, 0.3) is 0 Å². The van der Waals surface area contributed by atoms with E-state index < -0.39 is 12.0 Å². The molecule has 0 bridgehead atoms. The molecule has 0 aromatic rings. The summed E-state index contributed by atoms with van der Waals surface area (Å²) < 4.78 is 4.79. The van der Waals surface area contributed by atoms with Gasteiger partial charge in [-0.05, 0) is 6.42 Å². The summed E-state index contributed by atoms with van der Waals surface area (Å²) >= 11 is 0. The molecule has 12 heavy (non-hydrogen) atoms. The van der Waals surface area contributed by atoms with Crippen molar-refractivity contribution in [1.82, 2.24) is 0 Å². The summed E-state index contributed by atoms with van der Waals surface area (Å²) in [5.41, 5.74) is 10.5. The maximum atomic E-state index is 10.8. The van der Waals surface area contributed by atoms with E-state index in [0.29, 0.717) is 6.61 Å². The Morgan fingerprint density at radius 1 is 1.58 bits per heavy atom. The molecule has 5 heteroatoms. The number of halogens is 1. The monoisotopic (exact) mass is 196 g/mol. The summed E-state index contributed by atoms with van der Waals surface area (Å²) in [6, 6.07) is -0.660. The van der Waals surface area contributed by atoms with Crippen LogP contribution in [-0.2, 0) is 9.53 Å². The molecule has 0 aromatic carbocycles. The Balaban J connectivity index is 0. The first-order valence-electron chi connectivity index (χ1n) is 3.84. The van der Waals surface area contributed by atoms with Gasteiger partial charge in [0.1, 0.15) is 6.04 Å². The largest absolute Gasteiger partial charge is 0.464 e. The molecule has 0 spiro atoms. The van der Waals surface area contributed by atoms with E-state index in [9.17, 15) is 4.79 Å². The number of hydrogen-bond acceptors (Lipinski definition) is 4. The topological polar surface area (TPSA) is 78.3 Å². The van der Waals surface area contributed by atoms with Gasteiger partial charge in [0, 0.05) is 6.54 Å². The predicted octanol–water partition coefficient (Wildman–Crippen LogP) is 0.0375. The van der Waals surface area contributed by atoms with Crippen molar-refractivity contribution in [2.24, 2.45) is 11.5 Å². The minimum Gasteiger partial charge on any atom is -0.464 e. The molecule has 0 aliphatic rings. The quantitative estimate of drug-likeness (QED) is 0.481. The third kappa shape index (κ3) is 6.39. The second-order valence-corrected chi connectivity index (χ2v) is 2.36. The second kappa shape index (κ2) is 8.77. The maximum Gasteiger partial charge on any atom is 0.324 e. The van der Waals surface area contributed by atoms with E-state index in [2.05, 4.69) is 0 Å². The normalized spacial score (nSPS) is 11.6. The average Bonchev–Trinajstić information content (AvgIpc) is 2.03. The van der Waals surface area contributed by atoms with Gasteiger partial charge in [-0.15, -0.1) is 12.4 Å². The molecule has 4 N–H and O–H groups in total. The Morgan fingerprint density at radius 2 is 2.17 bits per heavy atom. The van der Waals surface area contributed by atoms with Crippen LogP contribution in [0.5, 0.6) is 0 Å². The average molecular weight is 197 g/mol. The summed E-state index contributed by atoms with van der Waals surface area (Å²) in [6.45, 7) is 2.62. The fourth-order valence-corrected chi connectivity index (χ4v) is 0.520. The first kappa shape index (κ1) is 14.2. The molecule has 0 rings (SSSR count). The Bertz CT molecular complexity index is 122. The Kier molecular flexibility index (Phi) is 10.4. The van der Waals surface area contributed by atoms with E-state index in [1.54, 1.807) is 0 Å². The molecule has 1 unspecified atom stereocenters. The number of unbranched alkanes of at least 4 members (excludes halogenated alkanes) is 1. The number of carbonyl (C=O) groups is 1. The smallest absolute Gasteiger partial charge is 0.324 e. The Morgan fingerprint density at radius 3 is 2.58 bits per heavy atom. The van der Waals surface area contributed by atoms with Crippen LogP contribution in [0, 0.1) is 0 Å². The molecule has 0 radical (unpaired) electrons. The number of ether oxygens (including phenoxy) is 1. The van der Waals surface area contributed by atoms with Gasteiger partial charge in [-0.2, -0.15) is 0 Å². The van der Waals surface area contributed by atoms with Crippen LogP contribution in [0.4, 0.5) is 0 Å². The Labute approximate surface area is 79.0 Å². The van der Waals surface area contributed by atoms with Crippen molar-refractivity contribution in [2.75, 3.05) is 13.2 Å². The van der Waals surface area contributed by atoms with E-state index in [0.717, 1.165) is 12.8 Å². The van der Waals surface area contributed by atoms with Crippen LogP contribution in [0.2, 0.25) is 0 Å². The minimum absolute atomic E-state index is 0. The molecule has 0 saturated carbocycles. The molecule has 0 aliphatic heterocycles. The zero-order valence-corrected chi connectivity index (χ0v) is 8.10. The Hall–Kier alpha value is -0.320. The standard InChI is InChI=1S/C7H16N2O2.ClH/c1-2-3-4-11-7(10)6(9)5-8;/h6H,2-5,8-9H2,1H3;1H. The zero-order valence-electron chi connectivity index (χ0n) is 7.29. The maximum absolute atomic E-state index is 10.8. The molecule has 0 aromatic heterocycles. The second-order valence-electron chi connectivity index (χ2n) is 2.36. The summed E-state index contributed by atoms with van der Waals surface area (Å²) in [5.74, 6) is -0.402. The fourth-order valence-electron chi connectivity index (χ4n) is 0.520. The van der Waals surface area contributed by atoms with Crippen molar-refractivity contribution >= 4 is 18.4 Å². The lowest BCUT2D eigenvalue weighted by atomic mass is 10.3. The van der Waals surface area contributed by atoms with Gasteiger partial charge in [-0.3, -0.25) is 4.79 Å². The van der Waals surface area contributed by atoms with E-state index in [4.69, 9.17) is 16.2 Å². The van der Waals surface area contributed by atoms with E-state index >= 15 is 0 Å². The van der Waals surface area contributed by atoms with E-state index in [1.807, 2.05) is 6.92 Å². The minimum atomic E-state index is -0.660. The van der Waals surface area contributed by atoms with Crippen LogP contribution in [0.25, 0.3) is 0 Å². The summed E-state index contributed by atoms with van der Waals surface area (Å²) in [7, 11) is 0. The molecular weight excluding hydrogens is 180 g/mol. The highest BCUT2D eigenvalue weighted by molar-refractivity contribution is 5.85. The van der Waals surface area contributed by atoms with Gasteiger partial charge in [0.05, 0.1) is 6.61 Å². The highest BCUT2D eigenvalue weighted by Gasteiger charge is 2.11. The fraction of sp³-hybridized carbons (Fsp3) is 0.857. The molecular formula is C7H17ClN2O2. The van der Waals surface area contributed by atoms with Gasteiger partial charge in [-0.25, -0.2) is 0 Å². The highest BCUT2D eigenvalue weighted by atomic mass is 35.5. The molecule has 1 atom stereocenters. The van der Waals surface area contributed by atoms with Crippen LogP contribution >= 0.6 is 12.4 Å². The van der Waals surface area contributed by atoms with Crippen LogP contribution in [0.1, 0.15) is 19.8 Å². The first-order valence-corrected chi connectivity index (χ1v) is 3.84. The lowest BCUT2D eigenvalue weighted by Crippen LogP contribution is -2.39. The lowest BCUT2D eigenvalue weighted by molar-refractivity contribution is -0.145. The van der Waals surface area contributed by atoms with Gasteiger partial charge < -0.3 is 16.2 Å². The summed E-state index contributed by atoms with van der Waals surface area (Å²) in [5, 5.41) is 0. The predicted molar refractivity (Wildman–Crippen MR) is 50.1 cm³/mol. The van der Waals surface area contributed by atoms with Gasteiger partial charge >= 0.3 is 5.97 Å². The van der Waals surface area contributed by atoms with Crippen molar-refractivity contribution in [3.63, 3.8) is 0 Å². The van der Waals surface area contributed by atoms with Crippen LogP contribution in [0.15, 0.2) is 0 Å². The van der Waals surface area contributed by atoms with Gasteiger partial charge in [0.15, 0.2) is 0 Å². The lowest BCUT2D eigenvalue weighted by Gasteiger charge is -2.07. The SMILES string of the molecule is CCCCOC(=O)C(N)CN.Cl. The third-order valence-corrected chi connectivity index (χ3v) is 1.30. The molecule has 0 aliphatic carbocycles. The summed E-state index contributed by atoms with van der Waals surface area (Å²) in [6.07, 6.45) is 1.88. The van der Waals surface area contributed by atoms with E-state index in [1.165, 1.54) is 0 Å². The number of hydrogen-bond donors (Lipinski definition) is 2. The molecule has 0 saturated heterocycles. The van der Waals surface area contributed by atoms with Crippen LogP contribution < -0.4 is 11.5 Å². The third-order valence-electron chi connectivity index (χ3n) is 1.30. The number of esters is 1. The van der Waals surface area contributed by atoms with Crippen molar-refractivity contribution in [3.8, 4) is 0 Å². The van der Waals surface area contributed by atoms with Gasteiger partial charge in [0.2, 0.25) is 0 Å². The van der Waals surface area contributed by atoms with Crippen molar-refractivity contribution < 1.29 is 9.53 Å². The highest BCUT2D eigenvalue weighted by Crippen LogP contribution is 1.90. The number of rotatable bonds is 5. The van der Waals surface area contributed by atoms with Crippen LogP contribution in [-0.4, -0.2) is 25.2 Å². The van der Waals surface area contributed by atoms with E-state index in [-0.39, 0.29) is 19.0 Å². The number of nitrogens with two attached hydrogens (primary N) is 2. The molecule has 74 valence electrons. The molecule has 0 heterocycles. The number of carbonyl (C=O) groups excluding carboxylic acids is 1. The zero-order chi connectivity index (χ0) is 8.69. The van der Waals surface area contributed by atoms with Crippen molar-refractivity contribution in [3.05, 3.63) is 0 Å². The van der Waals surface area contributed by atoms with Crippen LogP contribution in [0.3, 0.4) is 0 Å². The van der Waals surface area contributed by atoms with Crippen molar-refractivity contribution in [2.45, 2.75) is 25.8 Å². The molecule has 4 nitrogen and oxygen atoms in total. The molecule has 0 amide bonds. The van der Waals surface area contributed by atoms with Crippen molar-refractivity contribution in [1.29, 1.82) is 0 Å². The van der Waals surface area contributed by atoms with Gasteiger partial charge in [-0.1, -0.05) is 13.3 Å². The summed E-state index contributed by atoms with van der Waals surface area (Å²) in [4.78, 5) is 10.8.